The van der Waals surface area contributed by atoms with Crippen LogP contribution in [0.15, 0.2) is 36.4 Å². The highest BCUT2D eigenvalue weighted by molar-refractivity contribution is 5.91. The van der Waals surface area contributed by atoms with Crippen molar-refractivity contribution in [3.05, 3.63) is 53.1 Å². The molecule has 0 spiro atoms. The molecule has 5 heteroatoms. The summed E-state index contributed by atoms with van der Waals surface area (Å²) in [5, 5.41) is 3.01. The van der Waals surface area contributed by atoms with Gasteiger partial charge in [-0.25, -0.2) is 0 Å². The van der Waals surface area contributed by atoms with Crippen molar-refractivity contribution in [2.45, 2.75) is 26.3 Å². The van der Waals surface area contributed by atoms with E-state index in [0.29, 0.717) is 6.54 Å². The van der Waals surface area contributed by atoms with Crippen LogP contribution in [0, 0.1) is 6.92 Å². The van der Waals surface area contributed by atoms with Crippen LogP contribution in [0.25, 0.3) is 0 Å². The lowest BCUT2D eigenvalue weighted by molar-refractivity contribution is -0.924. The summed E-state index contributed by atoms with van der Waals surface area (Å²) in [5.41, 5.74) is 4.49. The van der Waals surface area contributed by atoms with Gasteiger partial charge < -0.3 is 19.7 Å². The van der Waals surface area contributed by atoms with Crippen LogP contribution < -0.4 is 19.7 Å². The van der Waals surface area contributed by atoms with Gasteiger partial charge in [0, 0.05) is 17.7 Å². The first-order chi connectivity index (χ1) is 12.5. The number of carbonyl (C=O) groups excluding carboxylic acids is 1. The fraction of sp³-hybridized carbons (Fsp3) is 0.381. The number of aryl methyl sites for hydroxylation is 1. The molecule has 26 heavy (non-hydrogen) atoms. The summed E-state index contributed by atoms with van der Waals surface area (Å²) in [5.74, 6) is 1.55. The predicted octanol–water partition coefficient (Wildman–Crippen LogP) is 2.15. The number of hydrogen-bond acceptors (Lipinski definition) is 3. The molecular weight excluding hydrogens is 328 g/mol. The van der Waals surface area contributed by atoms with Gasteiger partial charge in [-0.2, -0.15) is 0 Å². The predicted molar refractivity (Wildman–Crippen MR) is 102 cm³/mol. The third kappa shape index (κ3) is 3.83. The van der Waals surface area contributed by atoms with E-state index in [1.807, 2.05) is 31.2 Å². The van der Waals surface area contributed by atoms with Crippen LogP contribution in [0.4, 0.5) is 5.69 Å². The second kappa shape index (κ2) is 7.79. The standard InChI is InChI=1S/C21H26N2O3/c1-14-6-5-7-17(10-14)22-21(24)13-23-9-8-16-11-19(25-3)20(26-4)12-18(16)15(23)2/h5-7,10-12,15H,8-9,13H2,1-4H3,(H,22,24)/p+1/t15-/m0/s1. The second-order valence-electron chi connectivity index (χ2n) is 6.88. The largest absolute Gasteiger partial charge is 0.493 e. The van der Waals surface area contributed by atoms with Crippen molar-refractivity contribution < 1.29 is 19.2 Å². The molecule has 1 aliphatic rings. The molecule has 3 rings (SSSR count). The molecule has 2 aromatic carbocycles. The van der Waals surface area contributed by atoms with E-state index in [9.17, 15) is 4.79 Å². The fourth-order valence-corrected chi connectivity index (χ4v) is 3.66. The van der Waals surface area contributed by atoms with E-state index >= 15 is 0 Å². The number of nitrogens with one attached hydrogen (secondary N) is 2. The molecule has 0 bridgehead atoms. The summed E-state index contributed by atoms with van der Waals surface area (Å²) in [7, 11) is 3.31. The maximum Gasteiger partial charge on any atom is 0.279 e. The smallest absolute Gasteiger partial charge is 0.279 e. The van der Waals surface area contributed by atoms with Crippen LogP contribution in [0.1, 0.15) is 29.7 Å². The highest BCUT2D eigenvalue weighted by Crippen LogP contribution is 2.33. The summed E-state index contributed by atoms with van der Waals surface area (Å²) in [4.78, 5) is 13.8. The Morgan fingerprint density at radius 2 is 1.92 bits per heavy atom. The van der Waals surface area contributed by atoms with E-state index in [2.05, 4.69) is 24.4 Å². The Kier molecular flexibility index (Phi) is 5.47. The molecule has 0 fully saturated rings. The summed E-state index contributed by atoms with van der Waals surface area (Å²) in [6.45, 7) is 5.55. The molecule has 2 aromatic rings. The number of quaternary nitrogens is 1. The van der Waals surface area contributed by atoms with E-state index in [1.165, 1.54) is 16.0 Å². The lowest BCUT2D eigenvalue weighted by Crippen LogP contribution is -3.14. The van der Waals surface area contributed by atoms with Crippen molar-refractivity contribution in [1.82, 2.24) is 0 Å². The second-order valence-corrected chi connectivity index (χ2v) is 6.88. The Balaban J connectivity index is 1.72. The van der Waals surface area contributed by atoms with Crippen molar-refractivity contribution in [1.29, 1.82) is 0 Å². The number of rotatable bonds is 5. The van der Waals surface area contributed by atoms with E-state index in [-0.39, 0.29) is 11.9 Å². The van der Waals surface area contributed by atoms with E-state index in [4.69, 9.17) is 9.47 Å². The molecule has 1 heterocycles. The van der Waals surface area contributed by atoms with Crippen molar-refractivity contribution in [3.8, 4) is 11.5 Å². The van der Waals surface area contributed by atoms with Gasteiger partial charge >= 0.3 is 0 Å². The Bertz CT molecular complexity index is 804. The highest BCUT2D eigenvalue weighted by atomic mass is 16.5. The van der Waals surface area contributed by atoms with Gasteiger partial charge in [0.15, 0.2) is 18.0 Å². The molecule has 0 saturated heterocycles. The topological polar surface area (TPSA) is 52.0 Å². The van der Waals surface area contributed by atoms with Crippen LogP contribution in [0.3, 0.4) is 0 Å². The zero-order valence-corrected chi connectivity index (χ0v) is 15.9. The summed E-state index contributed by atoms with van der Waals surface area (Å²) < 4.78 is 10.9. The third-order valence-electron chi connectivity index (χ3n) is 5.13. The summed E-state index contributed by atoms with van der Waals surface area (Å²) in [6.07, 6.45) is 0.924. The van der Waals surface area contributed by atoms with Gasteiger partial charge in [-0.3, -0.25) is 4.79 Å². The van der Waals surface area contributed by atoms with Crippen LogP contribution in [-0.2, 0) is 11.2 Å². The zero-order chi connectivity index (χ0) is 18.7. The first-order valence-corrected chi connectivity index (χ1v) is 8.97. The average molecular weight is 355 g/mol. The van der Waals surface area contributed by atoms with Crippen molar-refractivity contribution in [2.24, 2.45) is 0 Å². The number of anilines is 1. The minimum Gasteiger partial charge on any atom is -0.493 e. The van der Waals surface area contributed by atoms with Gasteiger partial charge in [0.1, 0.15) is 6.04 Å². The number of methoxy groups -OCH3 is 2. The molecule has 5 nitrogen and oxygen atoms in total. The molecular formula is C21H27N2O3+. The molecule has 1 amide bonds. The van der Waals surface area contributed by atoms with E-state index in [1.54, 1.807) is 14.2 Å². The summed E-state index contributed by atoms with van der Waals surface area (Å²) in [6, 6.07) is 12.2. The molecule has 0 aliphatic carbocycles. The molecule has 1 unspecified atom stereocenters. The Morgan fingerprint density at radius 3 is 2.62 bits per heavy atom. The Labute approximate surface area is 154 Å². The average Bonchev–Trinajstić information content (AvgIpc) is 2.63. The van der Waals surface area contributed by atoms with Crippen LogP contribution in [0.5, 0.6) is 11.5 Å². The molecule has 1 aliphatic heterocycles. The first-order valence-electron chi connectivity index (χ1n) is 8.97. The van der Waals surface area contributed by atoms with Crippen molar-refractivity contribution >= 4 is 11.6 Å². The van der Waals surface area contributed by atoms with Crippen LogP contribution in [-0.4, -0.2) is 33.2 Å². The maximum atomic E-state index is 12.5. The number of benzene rings is 2. The van der Waals surface area contributed by atoms with E-state index in [0.717, 1.165) is 35.7 Å². The number of amides is 1. The van der Waals surface area contributed by atoms with Crippen LogP contribution in [0.2, 0.25) is 0 Å². The molecule has 138 valence electrons. The summed E-state index contributed by atoms with van der Waals surface area (Å²) >= 11 is 0. The number of hydrogen-bond donors (Lipinski definition) is 2. The Hall–Kier alpha value is -2.53. The van der Waals surface area contributed by atoms with Gasteiger partial charge in [0.2, 0.25) is 0 Å². The number of ether oxygens (including phenoxy) is 2. The molecule has 2 N–H and O–H groups in total. The highest BCUT2D eigenvalue weighted by Gasteiger charge is 2.30. The number of fused-ring (bicyclic) bond motifs is 1. The van der Waals surface area contributed by atoms with Gasteiger partial charge in [-0.05, 0) is 49.2 Å². The maximum absolute atomic E-state index is 12.5. The van der Waals surface area contributed by atoms with Gasteiger partial charge in [0.05, 0.1) is 20.8 Å². The monoisotopic (exact) mass is 355 g/mol. The first kappa shape index (κ1) is 18.3. The molecule has 0 aromatic heterocycles. The van der Waals surface area contributed by atoms with Gasteiger partial charge in [-0.1, -0.05) is 12.1 Å². The molecule has 2 atom stereocenters. The normalized spacial score (nSPS) is 18.8. The SMILES string of the molecule is COc1cc2c(cc1OC)[C@H](C)[NH+](CC(=O)Nc1cccc(C)c1)CC2. The lowest BCUT2D eigenvalue weighted by atomic mass is 9.93. The van der Waals surface area contributed by atoms with Crippen molar-refractivity contribution in [2.75, 3.05) is 32.6 Å². The van der Waals surface area contributed by atoms with Crippen molar-refractivity contribution in [3.63, 3.8) is 0 Å². The zero-order valence-electron chi connectivity index (χ0n) is 15.9. The third-order valence-corrected chi connectivity index (χ3v) is 5.13. The minimum absolute atomic E-state index is 0.0429. The Morgan fingerprint density at radius 1 is 1.19 bits per heavy atom. The molecule has 0 saturated carbocycles. The fourth-order valence-electron chi connectivity index (χ4n) is 3.66. The minimum atomic E-state index is 0.0429. The number of carbonyl (C=O) groups is 1. The van der Waals surface area contributed by atoms with Crippen LogP contribution >= 0.6 is 0 Å². The lowest BCUT2D eigenvalue weighted by Gasteiger charge is -2.32. The molecule has 0 radical (unpaired) electrons. The van der Waals surface area contributed by atoms with E-state index < -0.39 is 0 Å². The van der Waals surface area contributed by atoms with Gasteiger partial charge in [0.25, 0.3) is 5.91 Å². The van der Waals surface area contributed by atoms with Gasteiger partial charge in [-0.15, -0.1) is 0 Å². The quantitative estimate of drug-likeness (QED) is 0.864.